The molecular formula is C14H25N3O2. The predicted molar refractivity (Wildman–Crippen MR) is 73.1 cm³/mol. The maximum absolute atomic E-state index is 12.0. The van der Waals surface area contributed by atoms with Crippen LogP contribution in [-0.2, 0) is 4.74 Å². The third kappa shape index (κ3) is 2.46. The first kappa shape index (κ1) is 13.2. The van der Waals surface area contributed by atoms with E-state index in [0.717, 1.165) is 32.2 Å². The van der Waals surface area contributed by atoms with Crippen LogP contribution in [0.4, 0.5) is 4.79 Å². The van der Waals surface area contributed by atoms with Gasteiger partial charge in [-0.15, -0.1) is 0 Å². The molecule has 0 aromatic heterocycles. The molecule has 108 valence electrons. The van der Waals surface area contributed by atoms with Gasteiger partial charge in [0.2, 0.25) is 0 Å². The van der Waals surface area contributed by atoms with Crippen LogP contribution in [-0.4, -0.2) is 65.8 Å². The Kier molecular flexibility index (Phi) is 3.21. The lowest BCUT2D eigenvalue weighted by Crippen LogP contribution is -2.81. The van der Waals surface area contributed by atoms with Crippen molar-refractivity contribution in [2.45, 2.75) is 57.3 Å². The fourth-order valence-corrected chi connectivity index (χ4v) is 3.38. The fraction of sp³-hybridized carbons (Fsp3) is 0.929. The highest BCUT2D eigenvalue weighted by atomic mass is 16.6. The zero-order valence-electron chi connectivity index (χ0n) is 12.2. The van der Waals surface area contributed by atoms with Crippen molar-refractivity contribution in [1.29, 1.82) is 0 Å². The maximum Gasteiger partial charge on any atom is 0.410 e. The summed E-state index contributed by atoms with van der Waals surface area (Å²) in [5.74, 6) is 0. The van der Waals surface area contributed by atoms with Gasteiger partial charge in [-0.3, -0.25) is 4.90 Å². The molecule has 3 saturated heterocycles. The molecule has 2 atom stereocenters. The van der Waals surface area contributed by atoms with E-state index in [2.05, 4.69) is 10.2 Å². The van der Waals surface area contributed by atoms with E-state index in [9.17, 15) is 4.79 Å². The number of piperazine rings is 1. The van der Waals surface area contributed by atoms with Crippen LogP contribution in [0.25, 0.3) is 0 Å². The Morgan fingerprint density at radius 1 is 1.16 bits per heavy atom. The molecule has 0 saturated carbocycles. The Morgan fingerprint density at radius 2 is 1.84 bits per heavy atom. The number of likely N-dealkylation sites (tertiary alicyclic amines) is 2. The molecule has 0 aromatic rings. The number of hydrogen-bond donors (Lipinski definition) is 1. The average Bonchev–Trinajstić information content (AvgIpc) is 2.30. The van der Waals surface area contributed by atoms with Crippen molar-refractivity contribution >= 4 is 6.09 Å². The second-order valence-corrected chi connectivity index (χ2v) is 6.95. The number of ether oxygens (including phenoxy) is 1. The van der Waals surface area contributed by atoms with Crippen LogP contribution in [0.15, 0.2) is 0 Å². The minimum Gasteiger partial charge on any atom is -0.444 e. The van der Waals surface area contributed by atoms with Gasteiger partial charge in [0.05, 0.1) is 6.04 Å². The monoisotopic (exact) mass is 267 g/mol. The van der Waals surface area contributed by atoms with Crippen LogP contribution in [0.1, 0.15) is 33.6 Å². The van der Waals surface area contributed by atoms with E-state index in [4.69, 9.17) is 4.74 Å². The number of hydrogen-bond acceptors (Lipinski definition) is 4. The number of fused-ring (bicyclic) bond motifs is 1. The van der Waals surface area contributed by atoms with Crippen LogP contribution in [0, 0.1) is 0 Å². The van der Waals surface area contributed by atoms with Gasteiger partial charge in [0.15, 0.2) is 0 Å². The summed E-state index contributed by atoms with van der Waals surface area (Å²) < 4.78 is 5.43. The quantitative estimate of drug-likeness (QED) is 0.771. The number of carbonyl (C=O) groups excluding carboxylic acids is 1. The number of carbonyl (C=O) groups is 1. The lowest BCUT2D eigenvalue weighted by Gasteiger charge is -2.63. The Hall–Kier alpha value is -0.810. The molecule has 1 amide bonds. The smallest absolute Gasteiger partial charge is 0.410 e. The lowest BCUT2D eigenvalue weighted by molar-refractivity contribution is -0.140. The van der Waals surface area contributed by atoms with Gasteiger partial charge in [0, 0.05) is 25.2 Å². The van der Waals surface area contributed by atoms with Gasteiger partial charge in [-0.2, -0.15) is 0 Å². The molecule has 0 aromatic carbocycles. The Bertz CT molecular complexity index is 360. The summed E-state index contributed by atoms with van der Waals surface area (Å²) in [6.07, 6.45) is 2.35. The second kappa shape index (κ2) is 4.63. The average molecular weight is 267 g/mol. The van der Waals surface area contributed by atoms with Crippen molar-refractivity contribution < 1.29 is 9.53 Å². The summed E-state index contributed by atoms with van der Waals surface area (Å²) in [5, 5.41) is 3.40. The van der Waals surface area contributed by atoms with Crippen LogP contribution >= 0.6 is 0 Å². The van der Waals surface area contributed by atoms with Gasteiger partial charge in [0.1, 0.15) is 5.60 Å². The molecule has 19 heavy (non-hydrogen) atoms. The molecule has 3 heterocycles. The molecular weight excluding hydrogens is 242 g/mol. The SMILES string of the molecule is CC(C)(C)OC(=O)N1C[C@@H]2C1CN2C1CCNCC1. The molecule has 3 aliphatic rings. The van der Waals surface area contributed by atoms with E-state index in [1.165, 1.54) is 12.8 Å². The van der Waals surface area contributed by atoms with E-state index in [0.29, 0.717) is 12.1 Å². The number of nitrogens with one attached hydrogen (secondary N) is 1. The van der Waals surface area contributed by atoms with Crippen molar-refractivity contribution in [1.82, 2.24) is 15.1 Å². The summed E-state index contributed by atoms with van der Waals surface area (Å²) >= 11 is 0. The Labute approximate surface area is 115 Å². The van der Waals surface area contributed by atoms with Gasteiger partial charge < -0.3 is 15.0 Å². The van der Waals surface area contributed by atoms with Gasteiger partial charge in [-0.25, -0.2) is 4.79 Å². The molecule has 5 nitrogen and oxygen atoms in total. The molecule has 1 N–H and O–H groups in total. The van der Waals surface area contributed by atoms with E-state index >= 15 is 0 Å². The number of amides is 1. The Balaban J connectivity index is 1.48. The third-order valence-electron chi connectivity index (χ3n) is 4.46. The second-order valence-electron chi connectivity index (χ2n) is 6.95. The molecule has 1 unspecified atom stereocenters. The van der Waals surface area contributed by atoms with E-state index in [1.807, 2.05) is 25.7 Å². The van der Waals surface area contributed by atoms with Crippen LogP contribution in [0.2, 0.25) is 0 Å². The first-order chi connectivity index (χ1) is 8.96. The molecule has 3 rings (SSSR count). The lowest BCUT2D eigenvalue weighted by atomic mass is 9.82. The molecule has 3 fully saturated rings. The number of rotatable bonds is 1. The highest BCUT2D eigenvalue weighted by Gasteiger charge is 2.55. The highest BCUT2D eigenvalue weighted by Crippen LogP contribution is 2.37. The zero-order valence-corrected chi connectivity index (χ0v) is 12.2. The summed E-state index contributed by atoms with van der Waals surface area (Å²) in [5.41, 5.74) is -0.388. The van der Waals surface area contributed by atoms with Crippen molar-refractivity contribution in [2.75, 3.05) is 26.2 Å². The van der Waals surface area contributed by atoms with Gasteiger partial charge in [0.25, 0.3) is 0 Å². The molecule has 3 aliphatic heterocycles. The first-order valence-electron chi connectivity index (χ1n) is 7.42. The van der Waals surface area contributed by atoms with E-state index < -0.39 is 0 Å². The van der Waals surface area contributed by atoms with Crippen LogP contribution < -0.4 is 5.32 Å². The summed E-state index contributed by atoms with van der Waals surface area (Å²) in [7, 11) is 0. The van der Waals surface area contributed by atoms with Gasteiger partial charge in [-0.1, -0.05) is 0 Å². The number of nitrogens with zero attached hydrogens (tertiary/aromatic N) is 2. The summed E-state index contributed by atoms with van der Waals surface area (Å²) in [4.78, 5) is 16.5. The Morgan fingerprint density at radius 3 is 2.37 bits per heavy atom. The van der Waals surface area contributed by atoms with E-state index in [-0.39, 0.29) is 11.7 Å². The van der Waals surface area contributed by atoms with Crippen molar-refractivity contribution in [3.63, 3.8) is 0 Å². The molecule has 0 bridgehead atoms. The highest BCUT2D eigenvalue weighted by molar-refractivity contribution is 5.70. The first-order valence-corrected chi connectivity index (χ1v) is 7.42. The van der Waals surface area contributed by atoms with Crippen LogP contribution in [0.5, 0.6) is 0 Å². The van der Waals surface area contributed by atoms with Crippen LogP contribution in [0.3, 0.4) is 0 Å². The van der Waals surface area contributed by atoms with Gasteiger partial charge >= 0.3 is 6.09 Å². The van der Waals surface area contributed by atoms with E-state index in [1.54, 1.807) is 0 Å². The third-order valence-corrected chi connectivity index (χ3v) is 4.46. The van der Waals surface area contributed by atoms with Crippen molar-refractivity contribution in [3.8, 4) is 0 Å². The molecule has 0 spiro atoms. The minimum atomic E-state index is -0.388. The molecule has 0 aliphatic carbocycles. The molecule has 0 radical (unpaired) electrons. The fourth-order valence-electron chi connectivity index (χ4n) is 3.38. The largest absolute Gasteiger partial charge is 0.444 e. The van der Waals surface area contributed by atoms with Crippen molar-refractivity contribution in [2.24, 2.45) is 0 Å². The maximum atomic E-state index is 12.0. The predicted octanol–water partition coefficient (Wildman–Crippen LogP) is 1.04. The minimum absolute atomic E-state index is 0.140. The topological polar surface area (TPSA) is 44.8 Å². The summed E-state index contributed by atoms with van der Waals surface area (Å²) in [6, 6.07) is 1.73. The zero-order chi connectivity index (χ0) is 13.6. The van der Waals surface area contributed by atoms with Gasteiger partial charge in [-0.05, 0) is 46.7 Å². The summed E-state index contributed by atoms with van der Waals surface area (Å²) in [6.45, 7) is 9.92. The standard InChI is InChI=1S/C14H25N3O2/c1-14(2,3)19-13(18)17-9-11-12(17)8-16(11)10-4-6-15-7-5-10/h10-12,15H,4-9H2,1-3H3/t11-,12?/m1/s1. The number of piperidine rings is 1. The van der Waals surface area contributed by atoms with Crippen molar-refractivity contribution in [3.05, 3.63) is 0 Å². The molecule has 5 heteroatoms. The normalized spacial score (nSPS) is 32.3.